The second kappa shape index (κ2) is 8.49. The summed E-state index contributed by atoms with van der Waals surface area (Å²) < 4.78 is 23.0. The molecule has 1 N–H and O–H groups in total. The van der Waals surface area contributed by atoms with Crippen molar-refractivity contribution in [1.82, 2.24) is 10.3 Å². The smallest absolute Gasteiger partial charge is 0.270 e. The summed E-state index contributed by atoms with van der Waals surface area (Å²) >= 11 is 1.64. The van der Waals surface area contributed by atoms with Crippen LogP contribution in [0.1, 0.15) is 34.5 Å². The molecule has 0 aliphatic rings. The Morgan fingerprint density at radius 2 is 1.92 bits per heavy atom. The molecule has 25 heavy (non-hydrogen) atoms. The predicted molar refractivity (Wildman–Crippen MR) is 102 cm³/mol. The SMILES string of the molecule is CSCc1cccnc1C(=O)NCC(C)c1ccc(S(C)(=O)=O)cc1. The molecule has 2 rings (SSSR count). The van der Waals surface area contributed by atoms with Gasteiger partial charge < -0.3 is 5.32 Å². The van der Waals surface area contributed by atoms with E-state index in [9.17, 15) is 13.2 Å². The van der Waals surface area contributed by atoms with Crippen molar-refractivity contribution in [2.75, 3.05) is 19.1 Å². The van der Waals surface area contributed by atoms with Gasteiger partial charge in [0.15, 0.2) is 9.84 Å². The van der Waals surface area contributed by atoms with Crippen molar-refractivity contribution in [3.05, 3.63) is 59.4 Å². The van der Waals surface area contributed by atoms with Crippen LogP contribution in [0.4, 0.5) is 0 Å². The number of pyridine rings is 1. The molecule has 5 nitrogen and oxygen atoms in total. The minimum absolute atomic E-state index is 0.0604. The fourth-order valence-electron chi connectivity index (χ4n) is 2.41. The molecule has 0 radical (unpaired) electrons. The Morgan fingerprint density at radius 3 is 2.52 bits per heavy atom. The predicted octanol–water partition coefficient (Wildman–Crippen LogP) is 2.88. The molecular weight excluding hydrogens is 356 g/mol. The quantitative estimate of drug-likeness (QED) is 0.802. The molecule has 134 valence electrons. The lowest BCUT2D eigenvalue weighted by molar-refractivity contribution is 0.0946. The normalized spacial score (nSPS) is 12.6. The highest BCUT2D eigenvalue weighted by molar-refractivity contribution is 7.97. The largest absolute Gasteiger partial charge is 0.350 e. The van der Waals surface area contributed by atoms with E-state index in [1.165, 1.54) is 6.26 Å². The summed E-state index contributed by atoms with van der Waals surface area (Å²) in [6, 6.07) is 10.5. The summed E-state index contributed by atoms with van der Waals surface area (Å²) in [7, 11) is -3.20. The van der Waals surface area contributed by atoms with Gasteiger partial charge >= 0.3 is 0 Å². The van der Waals surface area contributed by atoms with Gasteiger partial charge in [0.05, 0.1) is 4.90 Å². The number of thioether (sulfide) groups is 1. The topological polar surface area (TPSA) is 76.1 Å². The molecule has 0 saturated heterocycles. The van der Waals surface area contributed by atoms with E-state index < -0.39 is 9.84 Å². The number of aromatic nitrogens is 1. The van der Waals surface area contributed by atoms with Crippen LogP contribution in [-0.2, 0) is 15.6 Å². The molecule has 0 aliphatic carbocycles. The summed E-state index contributed by atoms with van der Waals surface area (Å²) in [5.74, 6) is 0.605. The van der Waals surface area contributed by atoms with Crippen molar-refractivity contribution in [2.24, 2.45) is 0 Å². The van der Waals surface area contributed by atoms with Crippen LogP contribution < -0.4 is 5.32 Å². The molecule has 1 aromatic carbocycles. The number of hydrogen-bond acceptors (Lipinski definition) is 5. The van der Waals surface area contributed by atoms with Gasteiger partial charge in [-0.1, -0.05) is 25.1 Å². The van der Waals surface area contributed by atoms with Crippen LogP contribution in [0.2, 0.25) is 0 Å². The first-order valence-electron chi connectivity index (χ1n) is 7.84. The van der Waals surface area contributed by atoms with Gasteiger partial charge in [-0.2, -0.15) is 11.8 Å². The van der Waals surface area contributed by atoms with E-state index in [0.29, 0.717) is 17.1 Å². The van der Waals surface area contributed by atoms with Crippen molar-refractivity contribution in [2.45, 2.75) is 23.5 Å². The van der Waals surface area contributed by atoms with E-state index in [-0.39, 0.29) is 11.8 Å². The Morgan fingerprint density at radius 1 is 1.24 bits per heavy atom. The van der Waals surface area contributed by atoms with Crippen LogP contribution in [0.5, 0.6) is 0 Å². The first kappa shape index (κ1) is 19.5. The first-order valence-corrected chi connectivity index (χ1v) is 11.1. The van der Waals surface area contributed by atoms with Crippen molar-refractivity contribution in [1.29, 1.82) is 0 Å². The zero-order valence-corrected chi connectivity index (χ0v) is 16.2. The molecule has 0 spiro atoms. The number of carbonyl (C=O) groups excluding carboxylic acids is 1. The van der Waals surface area contributed by atoms with Gasteiger partial charge in [0.1, 0.15) is 5.69 Å². The molecule has 1 heterocycles. The van der Waals surface area contributed by atoms with E-state index in [1.807, 2.05) is 25.3 Å². The number of nitrogens with zero attached hydrogens (tertiary/aromatic N) is 1. The number of nitrogens with one attached hydrogen (secondary N) is 1. The number of benzene rings is 1. The van der Waals surface area contributed by atoms with Gasteiger partial charge in [-0.15, -0.1) is 0 Å². The summed E-state index contributed by atoms with van der Waals surface area (Å²) in [5.41, 5.74) is 2.34. The Hall–Kier alpha value is -1.86. The summed E-state index contributed by atoms with van der Waals surface area (Å²) in [6.07, 6.45) is 4.79. The van der Waals surface area contributed by atoms with Crippen LogP contribution in [0, 0.1) is 0 Å². The average Bonchev–Trinajstić information content (AvgIpc) is 2.59. The van der Waals surface area contributed by atoms with Gasteiger partial charge in [-0.25, -0.2) is 8.42 Å². The fraction of sp³-hybridized carbons (Fsp3) is 0.333. The molecule has 1 unspecified atom stereocenters. The number of carbonyl (C=O) groups is 1. The lowest BCUT2D eigenvalue weighted by Crippen LogP contribution is -2.29. The maximum Gasteiger partial charge on any atom is 0.270 e. The minimum atomic E-state index is -3.20. The average molecular weight is 379 g/mol. The third-order valence-corrected chi connectivity index (χ3v) is 5.58. The third kappa shape index (κ3) is 5.31. The van der Waals surface area contributed by atoms with Crippen molar-refractivity contribution < 1.29 is 13.2 Å². The van der Waals surface area contributed by atoms with E-state index in [0.717, 1.165) is 16.9 Å². The van der Waals surface area contributed by atoms with Crippen LogP contribution in [-0.4, -0.2) is 38.4 Å². The minimum Gasteiger partial charge on any atom is -0.350 e. The standard InChI is InChI=1S/C18H22N2O3S2/c1-13(14-6-8-16(9-7-14)25(3,22)23)11-20-18(21)17-15(12-24-2)5-4-10-19-17/h4-10,13H,11-12H2,1-3H3,(H,20,21). The number of hydrogen-bond donors (Lipinski definition) is 1. The molecule has 2 aromatic rings. The molecule has 1 atom stereocenters. The lowest BCUT2D eigenvalue weighted by atomic mass is 10.0. The number of sulfone groups is 1. The van der Waals surface area contributed by atoms with Gasteiger partial charge in [0.25, 0.3) is 5.91 Å². The molecule has 1 aromatic heterocycles. The Balaban J connectivity index is 2.02. The Labute approximate surface area is 153 Å². The summed E-state index contributed by atoms with van der Waals surface area (Å²) in [4.78, 5) is 16.9. The number of amides is 1. The fourth-order valence-corrected chi connectivity index (χ4v) is 3.58. The number of rotatable bonds is 7. The molecule has 1 amide bonds. The first-order chi connectivity index (χ1) is 11.8. The second-order valence-electron chi connectivity index (χ2n) is 5.90. The zero-order chi connectivity index (χ0) is 18.4. The Bertz CT molecular complexity index is 834. The summed E-state index contributed by atoms with van der Waals surface area (Å²) in [5, 5.41) is 2.91. The van der Waals surface area contributed by atoms with Crippen LogP contribution in [0.3, 0.4) is 0 Å². The third-order valence-electron chi connectivity index (χ3n) is 3.85. The second-order valence-corrected chi connectivity index (χ2v) is 8.78. The van der Waals surface area contributed by atoms with Crippen LogP contribution in [0.25, 0.3) is 0 Å². The molecule has 0 saturated carbocycles. The van der Waals surface area contributed by atoms with Gasteiger partial charge in [0, 0.05) is 24.8 Å². The molecule has 0 bridgehead atoms. The lowest BCUT2D eigenvalue weighted by Gasteiger charge is -2.14. The van der Waals surface area contributed by atoms with Crippen LogP contribution in [0.15, 0.2) is 47.5 Å². The van der Waals surface area contributed by atoms with Crippen molar-refractivity contribution in [3.63, 3.8) is 0 Å². The molecule has 0 aliphatic heterocycles. The van der Waals surface area contributed by atoms with Gasteiger partial charge in [-0.05, 0) is 41.5 Å². The molecule has 7 heteroatoms. The van der Waals surface area contributed by atoms with Gasteiger partial charge in [-0.3, -0.25) is 9.78 Å². The highest BCUT2D eigenvalue weighted by atomic mass is 32.2. The van der Waals surface area contributed by atoms with E-state index in [1.54, 1.807) is 42.2 Å². The van der Waals surface area contributed by atoms with E-state index >= 15 is 0 Å². The van der Waals surface area contributed by atoms with Crippen molar-refractivity contribution in [3.8, 4) is 0 Å². The monoisotopic (exact) mass is 378 g/mol. The van der Waals surface area contributed by atoms with Gasteiger partial charge in [0.2, 0.25) is 0 Å². The highest BCUT2D eigenvalue weighted by Gasteiger charge is 2.14. The maximum absolute atomic E-state index is 12.4. The van der Waals surface area contributed by atoms with E-state index in [4.69, 9.17) is 0 Å². The maximum atomic E-state index is 12.4. The zero-order valence-electron chi connectivity index (χ0n) is 14.5. The van der Waals surface area contributed by atoms with E-state index in [2.05, 4.69) is 10.3 Å². The molecular formula is C18H22N2O3S2. The highest BCUT2D eigenvalue weighted by Crippen LogP contribution is 2.18. The van der Waals surface area contributed by atoms with Crippen molar-refractivity contribution >= 4 is 27.5 Å². The summed E-state index contributed by atoms with van der Waals surface area (Å²) in [6.45, 7) is 2.43. The van der Waals surface area contributed by atoms with Crippen LogP contribution >= 0.6 is 11.8 Å². The molecule has 0 fully saturated rings. The Kier molecular flexibility index (Phi) is 6.61.